The minimum absolute atomic E-state index is 0.00205. The van der Waals surface area contributed by atoms with Crippen molar-refractivity contribution < 1.29 is 9.90 Å². The van der Waals surface area contributed by atoms with Crippen molar-refractivity contribution in [1.29, 1.82) is 0 Å². The molecule has 150 valence electrons. The number of carbonyl (C=O) groups is 1. The maximum Gasteiger partial charge on any atom is 0.230 e. The third kappa shape index (κ3) is 4.92. The molecule has 1 amide bonds. The van der Waals surface area contributed by atoms with E-state index in [9.17, 15) is 9.90 Å². The van der Waals surface area contributed by atoms with Crippen molar-refractivity contribution in [1.82, 2.24) is 9.97 Å². The average molecular weight is 527 g/mol. The lowest BCUT2D eigenvalue weighted by atomic mass is 10.1. The number of aromatic nitrogens is 2. The van der Waals surface area contributed by atoms with E-state index in [1.807, 2.05) is 66.0 Å². The maximum absolute atomic E-state index is 12.6. The van der Waals surface area contributed by atoms with Crippen LogP contribution in [0.3, 0.4) is 0 Å². The van der Waals surface area contributed by atoms with Gasteiger partial charge in [0.15, 0.2) is 5.82 Å². The van der Waals surface area contributed by atoms with E-state index in [2.05, 4.69) is 32.9 Å². The number of aliphatic hydroxyl groups is 1. The number of halogens is 1. The summed E-state index contributed by atoms with van der Waals surface area (Å²) < 4.78 is 1.13. The molecule has 2 N–H and O–H groups in total. The molecule has 0 atom stereocenters. The molecule has 0 spiro atoms. The highest BCUT2D eigenvalue weighted by atomic mass is 127. The molecule has 0 saturated carbocycles. The topological polar surface area (TPSA) is 75.1 Å². The Morgan fingerprint density at radius 3 is 2.43 bits per heavy atom. The van der Waals surface area contributed by atoms with Crippen LogP contribution in [0.2, 0.25) is 0 Å². The van der Waals surface area contributed by atoms with Crippen LogP contribution >= 0.6 is 33.9 Å². The third-order valence-electron chi connectivity index (χ3n) is 4.50. The van der Waals surface area contributed by atoms with Crippen molar-refractivity contribution in [3.63, 3.8) is 0 Å². The first-order chi connectivity index (χ1) is 14.6. The van der Waals surface area contributed by atoms with Crippen molar-refractivity contribution >= 4 is 45.7 Å². The minimum atomic E-state index is -0.136. The number of hydrogen-bond donors (Lipinski definition) is 2. The molecular formula is C23H18IN3O2S. The molecule has 2 heterocycles. The summed E-state index contributed by atoms with van der Waals surface area (Å²) >= 11 is 3.79. The van der Waals surface area contributed by atoms with Gasteiger partial charge in [-0.25, -0.2) is 9.97 Å². The molecule has 0 unspecified atom stereocenters. The summed E-state index contributed by atoms with van der Waals surface area (Å²) in [4.78, 5) is 22.8. The van der Waals surface area contributed by atoms with E-state index < -0.39 is 0 Å². The van der Waals surface area contributed by atoms with Crippen LogP contribution in [0.5, 0.6) is 0 Å². The van der Waals surface area contributed by atoms with Crippen molar-refractivity contribution in [3.8, 4) is 21.8 Å². The van der Waals surface area contributed by atoms with Crippen LogP contribution in [0.25, 0.3) is 21.8 Å². The van der Waals surface area contributed by atoms with Crippen molar-refractivity contribution in [2.75, 3.05) is 5.32 Å². The van der Waals surface area contributed by atoms with E-state index in [1.165, 1.54) is 0 Å². The van der Waals surface area contributed by atoms with Crippen molar-refractivity contribution in [2.45, 2.75) is 13.0 Å². The molecular weight excluding hydrogens is 509 g/mol. The van der Waals surface area contributed by atoms with E-state index >= 15 is 0 Å². The Morgan fingerprint density at radius 2 is 1.77 bits per heavy atom. The first-order valence-electron chi connectivity index (χ1n) is 9.28. The standard InChI is InChI=1S/C23H18IN3O2S/c24-18-9-5-15(6-10-18)12-21(29)27-23-22(20-2-1-11-30-20)26-19(13-25-23)17-7-3-16(14-28)4-8-17/h1-11,13,28H,12,14H2,(H,25,27,29). The van der Waals surface area contributed by atoms with E-state index in [-0.39, 0.29) is 18.9 Å². The second-order valence-electron chi connectivity index (χ2n) is 6.64. The van der Waals surface area contributed by atoms with Crippen molar-refractivity contribution in [3.05, 3.63) is 86.9 Å². The van der Waals surface area contributed by atoms with Gasteiger partial charge in [-0.1, -0.05) is 42.5 Å². The van der Waals surface area contributed by atoms with Gasteiger partial charge in [-0.05, 0) is 57.3 Å². The third-order valence-corrected chi connectivity index (χ3v) is 6.09. The predicted molar refractivity (Wildman–Crippen MR) is 128 cm³/mol. The van der Waals surface area contributed by atoms with Gasteiger partial charge in [0.25, 0.3) is 0 Å². The highest BCUT2D eigenvalue weighted by Gasteiger charge is 2.15. The Hall–Kier alpha value is -2.62. The zero-order valence-electron chi connectivity index (χ0n) is 15.9. The summed E-state index contributed by atoms with van der Waals surface area (Å²) in [5.41, 5.74) is 4.03. The minimum Gasteiger partial charge on any atom is -0.392 e. The Labute approximate surface area is 192 Å². The number of nitrogens with one attached hydrogen (secondary N) is 1. The quantitative estimate of drug-likeness (QED) is 0.340. The lowest BCUT2D eigenvalue weighted by Gasteiger charge is -2.11. The predicted octanol–water partition coefficient (Wildman–Crippen LogP) is 5.15. The number of rotatable bonds is 6. The van der Waals surface area contributed by atoms with Gasteiger partial charge in [0.2, 0.25) is 5.91 Å². The van der Waals surface area contributed by atoms with Crippen LogP contribution in [-0.4, -0.2) is 21.0 Å². The Balaban J connectivity index is 1.62. The first kappa shape index (κ1) is 20.6. The number of benzene rings is 2. The number of amides is 1. The van der Waals surface area contributed by atoms with Gasteiger partial charge in [0.1, 0.15) is 5.69 Å². The normalized spacial score (nSPS) is 10.7. The van der Waals surface area contributed by atoms with Crippen LogP contribution < -0.4 is 5.32 Å². The Kier molecular flexibility index (Phi) is 6.51. The molecule has 0 saturated heterocycles. The number of hydrogen-bond acceptors (Lipinski definition) is 5. The van der Waals surface area contributed by atoms with Gasteiger partial charge in [0, 0.05) is 9.13 Å². The number of carbonyl (C=O) groups excluding carboxylic acids is 1. The lowest BCUT2D eigenvalue weighted by molar-refractivity contribution is -0.115. The van der Waals surface area contributed by atoms with Crippen LogP contribution in [0.1, 0.15) is 11.1 Å². The van der Waals surface area contributed by atoms with E-state index in [0.29, 0.717) is 17.2 Å². The van der Waals surface area contributed by atoms with Crippen LogP contribution in [0.4, 0.5) is 5.82 Å². The number of nitrogens with zero attached hydrogens (tertiary/aromatic N) is 2. The van der Waals surface area contributed by atoms with E-state index in [4.69, 9.17) is 4.98 Å². The molecule has 0 bridgehead atoms. The fraction of sp³-hybridized carbons (Fsp3) is 0.0870. The van der Waals surface area contributed by atoms with Gasteiger partial charge >= 0.3 is 0 Å². The van der Waals surface area contributed by atoms with Gasteiger partial charge in [-0.2, -0.15) is 0 Å². The molecule has 0 aliphatic heterocycles. The van der Waals surface area contributed by atoms with Crippen LogP contribution in [0, 0.1) is 3.57 Å². The summed E-state index contributed by atoms with van der Waals surface area (Å²) in [5, 5.41) is 14.1. The second kappa shape index (κ2) is 9.46. The Morgan fingerprint density at radius 1 is 1.03 bits per heavy atom. The van der Waals surface area contributed by atoms with Crippen LogP contribution in [-0.2, 0) is 17.8 Å². The zero-order valence-corrected chi connectivity index (χ0v) is 18.9. The van der Waals surface area contributed by atoms with Gasteiger partial charge in [0.05, 0.1) is 29.8 Å². The SMILES string of the molecule is O=C(Cc1ccc(I)cc1)Nc1ncc(-c2ccc(CO)cc2)nc1-c1cccs1. The van der Waals surface area contributed by atoms with Gasteiger partial charge in [-0.15, -0.1) is 11.3 Å². The molecule has 7 heteroatoms. The zero-order chi connectivity index (χ0) is 20.9. The molecule has 4 rings (SSSR count). The summed E-state index contributed by atoms with van der Waals surface area (Å²) in [6, 6.07) is 19.3. The maximum atomic E-state index is 12.6. The molecule has 4 aromatic rings. The smallest absolute Gasteiger partial charge is 0.230 e. The molecule has 0 aliphatic carbocycles. The van der Waals surface area contributed by atoms with E-state index in [0.717, 1.165) is 25.1 Å². The molecule has 0 fully saturated rings. The highest BCUT2D eigenvalue weighted by molar-refractivity contribution is 14.1. The fourth-order valence-corrected chi connectivity index (χ4v) is 4.02. The number of aliphatic hydroxyl groups excluding tert-OH is 1. The first-order valence-corrected chi connectivity index (χ1v) is 11.2. The molecule has 0 aliphatic rings. The van der Waals surface area contributed by atoms with Gasteiger partial charge < -0.3 is 10.4 Å². The fourth-order valence-electron chi connectivity index (χ4n) is 2.95. The molecule has 30 heavy (non-hydrogen) atoms. The largest absolute Gasteiger partial charge is 0.392 e. The average Bonchev–Trinajstić information content (AvgIpc) is 3.30. The Bertz CT molecular complexity index is 1140. The summed E-state index contributed by atoms with van der Waals surface area (Å²) in [5.74, 6) is 0.312. The highest BCUT2D eigenvalue weighted by Crippen LogP contribution is 2.31. The monoisotopic (exact) mass is 527 g/mol. The molecule has 5 nitrogen and oxygen atoms in total. The summed E-state index contributed by atoms with van der Waals surface area (Å²) in [6.07, 6.45) is 1.93. The molecule has 2 aromatic heterocycles. The number of anilines is 1. The van der Waals surface area contributed by atoms with E-state index in [1.54, 1.807) is 17.5 Å². The van der Waals surface area contributed by atoms with Crippen LogP contribution in [0.15, 0.2) is 72.2 Å². The molecule has 2 aromatic carbocycles. The lowest BCUT2D eigenvalue weighted by Crippen LogP contribution is -2.16. The van der Waals surface area contributed by atoms with Crippen molar-refractivity contribution in [2.24, 2.45) is 0 Å². The summed E-state index contributed by atoms with van der Waals surface area (Å²) in [6.45, 7) is -0.00205. The summed E-state index contributed by atoms with van der Waals surface area (Å²) in [7, 11) is 0. The number of thiophene rings is 1. The molecule has 0 radical (unpaired) electrons. The second-order valence-corrected chi connectivity index (χ2v) is 8.83. The van der Waals surface area contributed by atoms with Gasteiger partial charge in [-0.3, -0.25) is 4.79 Å².